The van der Waals surface area contributed by atoms with Gasteiger partial charge in [-0.2, -0.15) is 0 Å². The molecule has 1 aliphatic rings. The first-order valence-corrected chi connectivity index (χ1v) is 10.6. The highest BCUT2D eigenvalue weighted by molar-refractivity contribution is 5.80. The molecule has 0 fully saturated rings. The zero-order chi connectivity index (χ0) is 21.1. The van der Waals surface area contributed by atoms with E-state index in [9.17, 15) is 9.90 Å². The standard InChI is InChI=1S/C24H28N4O2/c1-3-4-5-12-28-22-9-8-20(16(2)24(22)26-27-28)21(14-23(29)30)18-7-6-17-10-11-25-15-19(17)13-18/h3,6-9,13,21,25H,1,4-5,10-12,14-15H2,2H3,(H,29,30). The summed E-state index contributed by atoms with van der Waals surface area (Å²) in [6, 6.07) is 10.5. The second kappa shape index (κ2) is 8.79. The quantitative estimate of drug-likeness (QED) is 0.439. The van der Waals surface area contributed by atoms with Gasteiger partial charge in [0.05, 0.1) is 11.9 Å². The van der Waals surface area contributed by atoms with Crippen molar-refractivity contribution in [3.63, 3.8) is 0 Å². The number of nitrogens with zero attached hydrogens (tertiary/aromatic N) is 3. The number of unbranched alkanes of at least 4 members (excludes halogenated alkanes) is 1. The Hall–Kier alpha value is -2.99. The second-order valence-electron chi connectivity index (χ2n) is 8.00. The molecule has 1 aromatic heterocycles. The molecule has 2 N–H and O–H groups in total. The second-order valence-corrected chi connectivity index (χ2v) is 8.00. The third-order valence-corrected chi connectivity index (χ3v) is 6.03. The normalized spacial score (nSPS) is 14.4. The number of nitrogens with one attached hydrogen (secondary N) is 1. The first-order chi connectivity index (χ1) is 14.6. The maximum absolute atomic E-state index is 11.7. The van der Waals surface area contributed by atoms with Crippen LogP contribution in [0.25, 0.3) is 11.0 Å². The van der Waals surface area contributed by atoms with Crippen molar-refractivity contribution in [2.75, 3.05) is 6.54 Å². The van der Waals surface area contributed by atoms with E-state index in [1.165, 1.54) is 11.1 Å². The number of rotatable bonds is 8. The number of carbonyl (C=O) groups is 1. The highest BCUT2D eigenvalue weighted by Gasteiger charge is 2.23. The van der Waals surface area contributed by atoms with Crippen molar-refractivity contribution < 1.29 is 9.90 Å². The molecule has 1 unspecified atom stereocenters. The molecule has 2 heterocycles. The number of carboxylic acids is 1. The van der Waals surface area contributed by atoms with Crippen molar-refractivity contribution in [2.24, 2.45) is 0 Å². The topological polar surface area (TPSA) is 80.0 Å². The molecular formula is C24H28N4O2. The summed E-state index contributed by atoms with van der Waals surface area (Å²) in [5.74, 6) is -1.02. The monoisotopic (exact) mass is 404 g/mol. The van der Waals surface area contributed by atoms with Gasteiger partial charge < -0.3 is 10.4 Å². The molecular weight excluding hydrogens is 376 g/mol. The lowest BCUT2D eigenvalue weighted by Crippen LogP contribution is -2.24. The smallest absolute Gasteiger partial charge is 0.304 e. The summed E-state index contributed by atoms with van der Waals surface area (Å²) in [4.78, 5) is 11.7. The molecule has 0 spiro atoms. The molecule has 0 aliphatic carbocycles. The minimum absolute atomic E-state index is 0.0477. The molecule has 0 bridgehead atoms. The number of fused-ring (bicyclic) bond motifs is 2. The van der Waals surface area contributed by atoms with Gasteiger partial charge in [-0.25, -0.2) is 4.68 Å². The largest absolute Gasteiger partial charge is 0.481 e. The Morgan fingerprint density at radius 3 is 3.00 bits per heavy atom. The van der Waals surface area contributed by atoms with E-state index >= 15 is 0 Å². The van der Waals surface area contributed by atoms with Gasteiger partial charge >= 0.3 is 5.97 Å². The molecule has 1 aliphatic heterocycles. The minimum Gasteiger partial charge on any atom is -0.481 e. The molecule has 4 rings (SSSR count). The number of aromatic nitrogens is 3. The molecule has 0 saturated carbocycles. The summed E-state index contributed by atoms with van der Waals surface area (Å²) >= 11 is 0. The first-order valence-electron chi connectivity index (χ1n) is 10.6. The van der Waals surface area contributed by atoms with Gasteiger partial charge in [-0.15, -0.1) is 11.7 Å². The highest BCUT2D eigenvalue weighted by Crippen LogP contribution is 2.34. The summed E-state index contributed by atoms with van der Waals surface area (Å²) in [6.45, 7) is 8.40. The van der Waals surface area contributed by atoms with Gasteiger partial charge in [0.1, 0.15) is 5.52 Å². The molecule has 0 saturated heterocycles. The van der Waals surface area contributed by atoms with Crippen molar-refractivity contribution in [3.8, 4) is 0 Å². The van der Waals surface area contributed by atoms with Crippen molar-refractivity contribution >= 4 is 17.0 Å². The molecule has 1 atom stereocenters. The summed E-state index contributed by atoms with van der Waals surface area (Å²) in [7, 11) is 0. The Morgan fingerprint density at radius 2 is 2.20 bits per heavy atom. The van der Waals surface area contributed by atoms with Crippen LogP contribution in [0.2, 0.25) is 0 Å². The van der Waals surface area contributed by atoms with Crippen LogP contribution < -0.4 is 5.32 Å². The Bertz CT molecular complexity index is 1090. The highest BCUT2D eigenvalue weighted by atomic mass is 16.4. The molecule has 156 valence electrons. The number of hydrogen-bond acceptors (Lipinski definition) is 4. The Morgan fingerprint density at radius 1 is 1.33 bits per heavy atom. The van der Waals surface area contributed by atoms with Crippen LogP contribution in [0.15, 0.2) is 43.0 Å². The van der Waals surface area contributed by atoms with Crippen molar-refractivity contribution in [1.29, 1.82) is 0 Å². The van der Waals surface area contributed by atoms with Crippen molar-refractivity contribution in [3.05, 3.63) is 70.8 Å². The fourth-order valence-corrected chi connectivity index (χ4v) is 4.41. The maximum Gasteiger partial charge on any atom is 0.304 e. The van der Waals surface area contributed by atoms with Crippen LogP contribution in [0, 0.1) is 6.92 Å². The number of benzene rings is 2. The summed E-state index contributed by atoms with van der Waals surface area (Å²) in [5.41, 5.74) is 7.50. The van der Waals surface area contributed by atoms with Crippen LogP contribution >= 0.6 is 0 Å². The van der Waals surface area contributed by atoms with Crippen LogP contribution in [-0.4, -0.2) is 32.6 Å². The van der Waals surface area contributed by atoms with E-state index in [0.717, 1.165) is 66.6 Å². The van der Waals surface area contributed by atoms with E-state index in [4.69, 9.17) is 0 Å². The van der Waals surface area contributed by atoms with Crippen LogP contribution in [0.3, 0.4) is 0 Å². The minimum atomic E-state index is -0.802. The van der Waals surface area contributed by atoms with Gasteiger partial charge in [-0.1, -0.05) is 35.6 Å². The van der Waals surface area contributed by atoms with Gasteiger partial charge in [-0.3, -0.25) is 4.79 Å². The number of aryl methyl sites for hydroxylation is 2. The van der Waals surface area contributed by atoms with E-state index in [1.54, 1.807) is 0 Å². The maximum atomic E-state index is 11.7. The number of carboxylic acid groups (broad SMARTS) is 1. The Balaban J connectivity index is 1.73. The fourth-order valence-electron chi connectivity index (χ4n) is 4.41. The number of hydrogen-bond donors (Lipinski definition) is 2. The van der Waals surface area contributed by atoms with Crippen molar-refractivity contribution in [1.82, 2.24) is 20.3 Å². The third-order valence-electron chi connectivity index (χ3n) is 6.03. The lowest BCUT2D eigenvalue weighted by atomic mass is 9.83. The van der Waals surface area contributed by atoms with E-state index < -0.39 is 5.97 Å². The molecule has 3 aromatic rings. The predicted molar refractivity (Wildman–Crippen MR) is 118 cm³/mol. The lowest BCUT2D eigenvalue weighted by molar-refractivity contribution is -0.137. The molecule has 2 aromatic carbocycles. The number of allylic oxidation sites excluding steroid dienone is 1. The number of aliphatic carboxylic acids is 1. The van der Waals surface area contributed by atoms with Crippen LogP contribution in [0.5, 0.6) is 0 Å². The van der Waals surface area contributed by atoms with E-state index in [-0.39, 0.29) is 12.3 Å². The summed E-state index contributed by atoms with van der Waals surface area (Å²) in [6.07, 6.45) is 4.87. The van der Waals surface area contributed by atoms with E-state index in [2.05, 4.69) is 46.5 Å². The molecule has 6 nitrogen and oxygen atoms in total. The predicted octanol–water partition coefficient (Wildman–Crippen LogP) is 3.96. The molecule has 30 heavy (non-hydrogen) atoms. The lowest BCUT2D eigenvalue weighted by Gasteiger charge is -2.23. The van der Waals surface area contributed by atoms with Crippen molar-refractivity contribution in [2.45, 2.75) is 51.6 Å². The Labute approximate surface area is 176 Å². The SMILES string of the molecule is C=CCCCn1nnc2c(C)c(C(CC(=O)O)c3ccc4c(c3)CNCC4)ccc21. The molecule has 0 amide bonds. The van der Waals surface area contributed by atoms with E-state index in [1.807, 2.05) is 23.7 Å². The van der Waals surface area contributed by atoms with E-state index in [0.29, 0.717) is 0 Å². The zero-order valence-electron chi connectivity index (χ0n) is 17.4. The van der Waals surface area contributed by atoms with Gasteiger partial charge in [0, 0.05) is 19.0 Å². The summed E-state index contributed by atoms with van der Waals surface area (Å²) < 4.78 is 1.92. The van der Waals surface area contributed by atoms with Gasteiger partial charge in [0.15, 0.2) is 0 Å². The average molecular weight is 405 g/mol. The molecule has 0 radical (unpaired) electrons. The third kappa shape index (κ3) is 4.00. The Kier molecular flexibility index (Phi) is 5.95. The zero-order valence-corrected chi connectivity index (χ0v) is 17.4. The molecule has 6 heteroatoms. The van der Waals surface area contributed by atoms with Gasteiger partial charge in [-0.05, 0) is 66.6 Å². The summed E-state index contributed by atoms with van der Waals surface area (Å²) in [5, 5.41) is 21.8. The van der Waals surface area contributed by atoms with Crippen LogP contribution in [0.1, 0.15) is 53.0 Å². The van der Waals surface area contributed by atoms with Crippen LogP contribution in [-0.2, 0) is 24.3 Å². The first kappa shape index (κ1) is 20.3. The van der Waals surface area contributed by atoms with Crippen LogP contribution in [0.4, 0.5) is 0 Å². The average Bonchev–Trinajstić information content (AvgIpc) is 3.16. The fraction of sp³-hybridized carbons (Fsp3) is 0.375. The van der Waals surface area contributed by atoms with Gasteiger partial charge in [0.25, 0.3) is 0 Å². The van der Waals surface area contributed by atoms with Gasteiger partial charge in [0.2, 0.25) is 0 Å².